The summed E-state index contributed by atoms with van der Waals surface area (Å²) in [5.41, 5.74) is 9.66. The molecule has 4 nitrogen and oxygen atoms in total. The van der Waals surface area contributed by atoms with Crippen molar-refractivity contribution in [3.05, 3.63) is 47.9 Å². The molecular formula is C20H33FN4. The minimum atomic E-state index is -1.25. The van der Waals surface area contributed by atoms with Crippen molar-refractivity contribution in [1.82, 2.24) is 5.32 Å². The molecule has 0 aliphatic heterocycles. The van der Waals surface area contributed by atoms with Crippen molar-refractivity contribution < 1.29 is 4.39 Å². The average molecular weight is 349 g/mol. The lowest BCUT2D eigenvalue weighted by Crippen LogP contribution is -2.44. The molecule has 140 valence electrons. The van der Waals surface area contributed by atoms with Crippen LogP contribution in [-0.2, 0) is 0 Å². The molecule has 25 heavy (non-hydrogen) atoms. The van der Waals surface area contributed by atoms with Gasteiger partial charge in [-0.05, 0) is 44.3 Å². The summed E-state index contributed by atoms with van der Waals surface area (Å²) in [6.45, 7) is 17.3. The van der Waals surface area contributed by atoms with E-state index in [1.807, 2.05) is 19.9 Å². The first-order chi connectivity index (χ1) is 11.6. The first kappa shape index (κ1) is 23.0. The van der Waals surface area contributed by atoms with Crippen LogP contribution in [0.4, 0.5) is 4.39 Å². The maximum atomic E-state index is 14.0. The van der Waals surface area contributed by atoms with Crippen LogP contribution in [0.25, 0.3) is 0 Å². The molecule has 0 spiro atoms. The number of hydrogen-bond donors (Lipinski definition) is 3. The molecule has 0 saturated carbocycles. The Morgan fingerprint density at radius 2 is 1.96 bits per heavy atom. The van der Waals surface area contributed by atoms with Crippen molar-refractivity contribution in [3.8, 4) is 0 Å². The number of aliphatic imine (C=N–C) groups is 1. The Labute approximate surface area is 152 Å². The second-order valence-corrected chi connectivity index (χ2v) is 6.33. The Hall–Kier alpha value is -2.01. The normalized spacial score (nSPS) is 15.8. The molecule has 4 N–H and O–H groups in total. The minimum Gasteiger partial charge on any atom is -0.368 e. The van der Waals surface area contributed by atoms with Crippen molar-refractivity contribution >= 4 is 11.9 Å². The second-order valence-electron chi connectivity index (χ2n) is 6.33. The van der Waals surface area contributed by atoms with Crippen molar-refractivity contribution in [2.75, 3.05) is 0 Å². The maximum Gasteiger partial charge on any atom is 0.137 e. The van der Waals surface area contributed by atoms with Gasteiger partial charge in [0.2, 0.25) is 0 Å². The van der Waals surface area contributed by atoms with Crippen molar-refractivity contribution in [2.24, 2.45) is 16.6 Å². The average Bonchev–Trinajstić information content (AvgIpc) is 2.50. The summed E-state index contributed by atoms with van der Waals surface area (Å²) in [5, 5.41) is 10.7. The minimum absolute atomic E-state index is 0.173. The van der Waals surface area contributed by atoms with Gasteiger partial charge in [-0.25, -0.2) is 4.39 Å². The third-order valence-corrected chi connectivity index (χ3v) is 3.64. The van der Waals surface area contributed by atoms with Crippen LogP contribution in [0.1, 0.15) is 47.5 Å². The smallest absolute Gasteiger partial charge is 0.137 e. The lowest BCUT2D eigenvalue weighted by Gasteiger charge is -2.25. The van der Waals surface area contributed by atoms with Crippen molar-refractivity contribution in [1.29, 1.82) is 5.41 Å². The van der Waals surface area contributed by atoms with Crippen LogP contribution in [0, 0.1) is 11.3 Å². The zero-order chi connectivity index (χ0) is 19.6. The highest BCUT2D eigenvalue weighted by molar-refractivity contribution is 5.80. The number of nitrogens with zero attached hydrogens (tertiary/aromatic N) is 1. The molecule has 0 aliphatic rings. The van der Waals surface area contributed by atoms with E-state index in [1.54, 1.807) is 13.1 Å². The van der Waals surface area contributed by atoms with E-state index in [1.165, 1.54) is 6.08 Å². The van der Waals surface area contributed by atoms with E-state index in [9.17, 15) is 4.39 Å². The molecule has 0 amide bonds. The molecule has 0 fully saturated rings. The Balaban J connectivity index is 5.80. The van der Waals surface area contributed by atoms with Crippen LogP contribution in [0.5, 0.6) is 0 Å². The van der Waals surface area contributed by atoms with Gasteiger partial charge in [-0.1, -0.05) is 32.6 Å². The fourth-order valence-corrected chi connectivity index (χ4v) is 2.51. The summed E-state index contributed by atoms with van der Waals surface area (Å²) in [5.74, 6) is 0.185. The Morgan fingerprint density at radius 3 is 2.40 bits per heavy atom. The molecular weight excluding hydrogens is 315 g/mol. The van der Waals surface area contributed by atoms with E-state index in [2.05, 4.69) is 37.3 Å². The predicted molar refractivity (Wildman–Crippen MR) is 108 cm³/mol. The third-order valence-electron chi connectivity index (χ3n) is 3.64. The lowest BCUT2D eigenvalue weighted by atomic mass is 9.90. The third kappa shape index (κ3) is 8.07. The summed E-state index contributed by atoms with van der Waals surface area (Å²) in [4.78, 5) is 4.39. The number of nitrogens with one attached hydrogen (secondary N) is 2. The van der Waals surface area contributed by atoms with Gasteiger partial charge in [-0.3, -0.25) is 4.99 Å². The van der Waals surface area contributed by atoms with E-state index in [4.69, 9.17) is 11.1 Å². The zero-order valence-corrected chi connectivity index (χ0v) is 16.2. The highest BCUT2D eigenvalue weighted by Crippen LogP contribution is 2.28. The molecule has 0 aromatic carbocycles. The summed E-state index contributed by atoms with van der Waals surface area (Å²) < 4.78 is 14.0. The van der Waals surface area contributed by atoms with Gasteiger partial charge in [-0.15, -0.1) is 6.58 Å². The van der Waals surface area contributed by atoms with Gasteiger partial charge in [0.25, 0.3) is 0 Å². The Kier molecular flexibility index (Phi) is 10.6. The van der Waals surface area contributed by atoms with Crippen LogP contribution < -0.4 is 11.1 Å². The molecule has 0 rings (SSSR count). The molecule has 0 aliphatic carbocycles. The predicted octanol–water partition coefficient (Wildman–Crippen LogP) is 4.67. The molecule has 0 heterocycles. The van der Waals surface area contributed by atoms with Gasteiger partial charge < -0.3 is 16.5 Å². The molecule has 5 heteroatoms. The van der Waals surface area contributed by atoms with Crippen LogP contribution in [-0.4, -0.2) is 24.3 Å². The monoisotopic (exact) mass is 348 g/mol. The van der Waals surface area contributed by atoms with Gasteiger partial charge >= 0.3 is 0 Å². The molecule has 0 aromatic heterocycles. The highest BCUT2D eigenvalue weighted by atomic mass is 19.1. The van der Waals surface area contributed by atoms with Crippen LogP contribution in [0.15, 0.2) is 52.8 Å². The summed E-state index contributed by atoms with van der Waals surface area (Å²) >= 11 is 0. The number of nitrogens with two attached hydrogens (primary N) is 1. The highest BCUT2D eigenvalue weighted by Gasteiger charge is 2.20. The van der Waals surface area contributed by atoms with E-state index in [0.717, 1.165) is 16.8 Å². The van der Waals surface area contributed by atoms with E-state index < -0.39 is 12.3 Å². The summed E-state index contributed by atoms with van der Waals surface area (Å²) in [7, 11) is 0. The van der Waals surface area contributed by atoms with Gasteiger partial charge in [-0.2, -0.15) is 0 Å². The summed E-state index contributed by atoms with van der Waals surface area (Å²) in [6, 6.07) is 0. The van der Waals surface area contributed by atoms with E-state index in [0.29, 0.717) is 17.8 Å². The zero-order valence-electron chi connectivity index (χ0n) is 16.2. The fourth-order valence-electron chi connectivity index (χ4n) is 2.51. The molecule has 2 atom stereocenters. The summed E-state index contributed by atoms with van der Waals surface area (Å²) in [6.07, 6.45) is 3.70. The number of hydrogen-bond acceptors (Lipinski definition) is 4. The molecule has 1 unspecified atom stereocenters. The van der Waals surface area contributed by atoms with Crippen molar-refractivity contribution in [3.63, 3.8) is 0 Å². The quantitative estimate of drug-likeness (QED) is 0.220. The fraction of sp³-hybridized carbons (Fsp3) is 0.500. The molecule has 0 bridgehead atoms. The molecule has 0 radical (unpaired) electrons. The lowest BCUT2D eigenvalue weighted by molar-refractivity contribution is 0.265. The number of halogens is 1. The largest absolute Gasteiger partial charge is 0.368 e. The van der Waals surface area contributed by atoms with Gasteiger partial charge in [0.05, 0.1) is 0 Å². The van der Waals surface area contributed by atoms with E-state index >= 15 is 0 Å². The van der Waals surface area contributed by atoms with Crippen LogP contribution in [0.3, 0.4) is 0 Å². The Bertz CT molecular complexity index is 570. The van der Waals surface area contributed by atoms with Gasteiger partial charge in [0.15, 0.2) is 0 Å². The standard InChI is InChI=1S/C20H33FN4/c1-8-10-18(21)20(23)25-15(6)17(12-11-14(5)22)19(13(3)4)16(7)24-9-2/h8-9,12-13,18,20,22,25H,1,6,10-11,23H2,2-5,7H3/b17-12+,19-16+,22-14?,24-9?/t18?,20-/m1/s1. The SMILES string of the molecule is C=CCC(F)[C@H](N)NC(=C)C(=C\CC(C)=N)/C(=C(\C)N=CC)C(C)C. The number of rotatable bonds is 11. The van der Waals surface area contributed by atoms with Gasteiger partial charge in [0, 0.05) is 29.7 Å². The van der Waals surface area contributed by atoms with Gasteiger partial charge in [0.1, 0.15) is 12.3 Å². The Morgan fingerprint density at radius 1 is 1.36 bits per heavy atom. The van der Waals surface area contributed by atoms with Crippen LogP contribution >= 0.6 is 0 Å². The number of alkyl halides is 1. The second kappa shape index (κ2) is 11.5. The molecule has 0 aromatic rings. The van der Waals surface area contributed by atoms with E-state index in [-0.39, 0.29) is 12.3 Å². The maximum absolute atomic E-state index is 14.0. The van der Waals surface area contributed by atoms with Crippen LogP contribution in [0.2, 0.25) is 0 Å². The number of allylic oxidation sites excluding steroid dienone is 4. The topological polar surface area (TPSA) is 74.3 Å². The first-order valence-corrected chi connectivity index (χ1v) is 8.55. The molecule has 0 saturated heterocycles. The van der Waals surface area contributed by atoms with Crippen molar-refractivity contribution in [2.45, 2.75) is 59.8 Å². The first-order valence-electron chi connectivity index (χ1n) is 8.55.